The predicted molar refractivity (Wildman–Crippen MR) is 67.0 cm³/mol. The van der Waals surface area contributed by atoms with Gasteiger partial charge in [0.25, 0.3) is 0 Å². The third-order valence-electron chi connectivity index (χ3n) is 1.88. The lowest BCUT2D eigenvalue weighted by atomic mass is 10.1. The molecule has 0 aromatic carbocycles. The predicted octanol–water partition coefficient (Wildman–Crippen LogP) is 1.78. The molecule has 2 N–H and O–H groups in total. The molecule has 1 atom stereocenters. The Bertz CT molecular complexity index is 196. The Kier molecular flexibility index (Phi) is 5.34. The summed E-state index contributed by atoms with van der Waals surface area (Å²) in [6.45, 7) is 8.30. The SMILES string of the molecule is CSCC(C)N(C)C(N)=NC(C)(C)C. The van der Waals surface area contributed by atoms with Crippen LogP contribution < -0.4 is 5.73 Å². The highest BCUT2D eigenvalue weighted by Crippen LogP contribution is 2.09. The monoisotopic (exact) mass is 217 g/mol. The molecular weight excluding hydrogens is 194 g/mol. The van der Waals surface area contributed by atoms with E-state index in [0.717, 1.165) is 5.75 Å². The first-order valence-electron chi connectivity index (χ1n) is 4.85. The Morgan fingerprint density at radius 3 is 2.36 bits per heavy atom. The average Bonchev–Trinajstić information content (AvgIpc) is 2.00. The van der Waals surface area contributed by atoms with Gasteiger partial charge < -0.3 is 10.6 Å². The van der Waals surface area contributed by atoms with Gasteiger partial charge in [0.2, 0.25) is 0 Å². The Morgan fingerprint density at radius 1 is 1.50 bits per heavy atom. The fourth-order valence-corrected chi connectivity index (χ4v) is 1.71. The van der Waals surface area contributed by atoms with Crippen LogP contribution in [0, 0.1) is 0 Å². The fourth-order valence-electron chi connectivity index (χ4n) is 1.00. The molecule has 0 spiro atoms. The van der Waals surface area contributed by atoms with Crippen LogP contribution in [-0.2, 0) is 0 Å². The molecule has 3 nitrogen and oxygen atoms in total. The van der Waals surface area contributed by atoms with Crippen molar-refractivity contribution in [2.45, 2.75) is 39.3 Å². The molecule has 0 aliphatic rings. The summed E-state index contributed by atoms with van der Waals surface area (Å²) in [5.74, 6) is 1.69. The van der Waals surface area contributed by atoms with Crippen molar-refractivity contribution in [3.05, 3.63) is 0 Å². The number of rotatable bonds is 3. The van der Waals surface area contributed by atoms with Crippen LogP contribution in [-0.4, -0.2) is 41.5 Å². The largest absolute Gasteiger partial charge is 0.370 e. The summed E-state index contributed by atoms with van der Waals surface area (Å²) in [5, 5.41) is 0. The van der Waals surface area contributed by atoms with E-state index in [1.807, 2.05) is 44.5 Å². The van der Waals surface area contributed by atoms with Crippen molar-refractivity contribution in [2.75, 3.05) is 19.1 Å². The van der Waals surface area contributed by atoms with Crippen molar-refractivity contribution < 1.29 is 0 Å². The van der Waals surface area contributed by atoms with E-state index in [-0.39, 0.29) is 5.54 Å². The van der Waals surface area contributed by atoms with Crippen LogP contribution in [0.25, 0.3) is 0 Å². The van der Waals surface area contributed by atoms with E-state index >= 15 is 0 Å². The lowest BCUT2D eigenvalue weighted by Gasteiger charge is -2.27. The molecule has 4 heteroatoms. The zero-order valence-corrected chi connectivity index (χ0v) is 11.0. The van der Waals surface area contributed by atoms with E-state index in [0.29, 0.717) is 12.0 Å². The second kappa shape index (κ2) is 5.49. The third kappa shape index (κ3) is 5.37. The van der Waals surface area contributed by atoms with Crippen molar-refractivity contribution in [3.8, 4) is 0 Å². The van der Waals surface area contributed by atoms with Crippen LogP contribution in [0.15, 0.2) is 4.99 Å². The van der Waals surface area contributed by atoms with E-state index < -0.39 is 0 Å². The number of guanidine groups is 1. The Hall–Kier alpha value is -0.380. The molecule has 0 aromatic rings. The average molecular weight is 217 g/mol. The molecular formula is C10H23N3S. The maximum atomic E-state index is 5.90. The quantitative estimate of drug-likeness (QED) is 0.579. The van der Waals surface area contributed by atoms with Gasteiger partial charge in [-0.05, 0) is 34.0 Å². The fraction of sp³-hybridized carbons (Fsp3) is 0.900. The van der Waals surface area contributed by atoms with Gasteiger partial charge in [0.1, 0.15) is 0 Å². The van der Waals surface area contributed by atoms with E-state index in [2.05, 4.69) is 18.2 Å². The molecule has 0 saturated carbocycles. The second-order valence-corrected chi connectivity index (χ2v) is 5.47. The summed E-state index contributed by atoms with van der Waals surface area (Å²) in [6, 6.07) is 0.427. The van der Waals surface area contributed by atoms with Crippen molar-refractivity contribution in [2.24, 2.45) is 10.7 Å². The van der Waals surface area contributed by atoms with Gasteiger partial charge in [-0.2, -0.15) is 11.8 Å². The zero-order valence-electron chi connectivity index (χ0n) is 10.2. The number of nitrogens with two attached hydrogens (primary N) is 1. The van der Waals surface area contributed by atoms with Crippen LogP contribution in [0.5, 0.6) is 0 Å². The molecule has 0 amide bonds. The first-order valence-corrected chi connectivity index (χ1v) is 6.24. The maximum Gasteiger partial charge on any atom is 0.191 e. The highest BCUT2D eigenvalue weighted by molar-refractivity contribution is 7.98. The summed E-state index contributed by atoms with van der Waals surface area (Å²) in [6.07, 6.45) is 2.10. The highest BCUT2D eigenvalue weighted by Gasteiger charge is 2.14. The number of nitrogens with zero attached hydrogens (tertiary/aromatic N) is 2. The number of hydrogen-bond acceptors (Lipinski definition) is 2. The normalized spacial score (nSPS) is 15.4. The Balaban J connectivity index is 4.38. The number of thioether (sulfide) groups is 1. The van der Waals surface area contributed by atoms with Gasteiger partial charge in [-0.15, -0.1) is 0 Å². The van der Waals surface area contributed by atoms with E-state index in [4.69, 9.17) is 5.73 Å². The molecule has 0 aromatic heterocycles. The highest BCUT2D eigenvalue weighted by atomic mass is 32.2. The van der Waals surface area contributed by atoms with Gasteiger partial charge in [0.15, 0.2) is 5.96 Å². The molecule has 0 rings (SSSR count). The van der Waals surface area contributed by atoms with E-state index in [1.54, 1.807) is 0 Å². The second-order valence-electron chi connectivity index (χ2n) is 4.56. The van der Waals surface area contributed by atoms with E-state index in [9.17, 15) is 0 Å². The molecule has 0 bridgehead atoms. The molecule has 14 heavy (non-hydrogen) atoms. The van der Waals surface area contributed by atoms with Crippen molar-refractivity contribution in [1.82, 2.24) is 4.90 Å². The van der Waals surface area contributed by atoms with Crippen LogP contribution in [0.1, 0.15) is 27.7 Å². The zero-order chi connectivity index (χ0) is 11.4. The summed E-state index contributed by atoms with van der Waals surface area (Å²) in [4.78, 5) is 6.45. The number of hydrogen-bond donors (Lipinski definition) is 1. The summed E-state index contributed by atoms with van der Waals surface area (Å²) in [7, 11) is 1.99. The van der Waals surface area contributed by atoms with Gasteiger partial charge in [-0.3, -0.25) is 0 Å². The summed E-state index contributed by atoms with van der Waals surface area (Å²) >= 11 is 1.82. The molecule has 0 aliphatic carbocycles. The molecule has 0 fully saturated rings. The van der Waals surface area contributed by atoms with Gasteiger partial charge in [0, 0.05) is 18.8 Å². The first kappa shape index (κ1) is 13.6. The molecule has 0 radical (unpaired) electrons. The molecule has 0 aliphatic heterocycles. The summed E-state index contributed by atoms with van der Waals surface area (Å²) < 4.78 is 0. The topological polar surface area (TPSA) is 41.6 Å². The first-order chi connectivity index (χ1) is 6.28. The maximum absolute atomic E-state index is 5.90. The standard InChI is InChI=1S/C10H23N3S/c1-8(7-14-6)13(5)9(11)12-10(2,3)4/h8H,7H2,1-6H3,(H2,11,12). The molecule has 84 valence electrons. The molecule has 1 unspecified atom stereocenters. The van der Waals surface area contributed by atoms with Crippen LogP contribution in [0.3, 0.4) is 0 Å². The van der Waals surface area contributed by atoms with Gasteiger partial charge in [0.05, 0.1) is 5.54 Å². The van der Waals surface area contributed by atoms with Crippen molar-refractivity contribution in [1.29, 1.82) is 0 Å². The van der Waals surface area contributed by atoms with E-state index in [1.165, 1.54) is 0 Å². The van der Waals surface area contributed by atoms with Crippen molar-refractivity contribution in [3.63, 3.8) is 0 Å². The third-order valence-corrected chi connectivity index (χ3v) is 2.70. The van der Waals surface area contributed by atoms with Gasteiger partial charge >= 0.3 is 0 Å². The lowest BCUT2D eigenvalue weighted by molar-refractivity contribution is 0.409. The number of aliphatic imine (C=N–C) groups is 1. The minimum absolute atomic E-state index is 0.0998. The molecule has 0 saturated heterocycles. The Morgan fingerprint density at radius 2 is 2.00 bits per heavy atom. The smallest absolute Gasteiger partial charge is 0.191 e. The van der Waals surface area contributed by atoms with Gasteiger partial charge in [-0.25, -0.2) is 4.99 Å². The molecule has 0 heterocycles. The van der Waals surface area contributed by atoms with Crippen LogP contribution >= 0.6 is 11.8 Å². The van der Waals surface area contributed by atoms with Crippen LogP contribution in [0.4, 0.5) is 0 Å². The minimum Gasteiger partial charge on any atom is -0.370 e. The van der Waals surface area contributed by atoms with Crippen LogP contribution in [0.2, 0.25) is 0 Å². The minimum atomic E-state index is -0.0998. The van der Waals surface area contributed by atoms with Crippen molar-refractivity contribution >= 4 is 17.7 Å². The summed E-state index contributed by atoms with van der Waals surface area (Å²) in [5.41, 5.74) is 5.80. The Labute approximate surface area is 92.1 Å². The lowest BCUT2D eigenvalue weighted by Crippen LogP contribution is -2.42. The van der Waals surface area contributed by atoms with Gasteiger partial charge in [-0.1, -0.05) is 0 Å².